The highest BCUT2D eigenvalue weighted by Crippen LogP contribution is 2.29. The zero-order chi connectivity index (χ0) is 19.7. The second-order valence-electron chi connectivity index (χ2n) is 7.28. The zero-order valence-electron chi connectivity index (χ0n) is 15.9. The summed E-state index contributed by atoms with van der Waals surface area (Å²) < 4.78 is 27.3. The maximum atomic E-state index is 12.9. The summed E-state index contributed by atoms with van der Waals surface area (Å²) >= 11 is 0. The molecule has 4 rings (SSSR count). The average molecular weight is 397 g/mol. The van der Waals surface area contributed by atoms with Crippen LogP contribution in [0.25, 0.3) is 10.8 Å². The van der Waals surface area contributed by atoms with Gasteiger partial charge in [0.15, 0.2) is 0 Å². The third kappa shape index (κ3) is 3.63. The molecule has 3 aromatic rings. The van der Waals surface area contributed by atoms with E-state index in [-0.39, 0.29) is 5.75 Å². The molecule has 0 spiro atoms. The highest BCUT2D eigenvalue weighted by Gasteiger charge is 2.28. The van der Waals surface area contributed by atoms with Crippen molar-refractivity contribution in [3.8, 4) is 5.75 Å². The van der Waals surface area contributed by atoms with Gasteiger partial charge >= 0.3 is 0 Å². The number of fused-ring (bicyclic) bond motifs is 1. The number of hydrogen-bond donors (Lipinski definition) is 1. The number of rotatable bonds is 4. The first-order chi connectivity index (χ1) is 13.4. The third-order valence-corrected chi connectivity index (χ3v) is 7.30. The molecule has 6 heteroatoms. The fourth-order valence-electron chi connectivity index (χ4n) is 3.70. The van der Waals surface area contributed by atoms with Crippen LogP contribution in [0.4, 0.5) is 0 Å². The van der Waals surface area contributed by atoms with Crippen molar-refractivity contribution in [2.24, 2.45) is 0 Å². The Labute approximate surface area is 165 Å². The monoisotopic (exact) mass is 396 g/mol. The summed E-state index contributed by atoms with van der Waals surface area (Å²) in [5.41, 5.74) is 1.94. The molecule has 1 aliphatic rings. The van der Waals surface area contributed by atoms with Crippen molar-refractivity contribution < 1.29 is 13.5 Å². The molecular weight excluding hydrogens is 372 g/mol. The molecule has 0 unspecified atom stereocenters. The first-order valence-corrected chi connectivity index (χ1v) is 10.9. The molecule has 1 aliphatic heterocycles. The number of aryl methyl sites for hydroxylation is 1. The minimum Gasteiger partial charge on any atom is -0.508 e. The van der Waals surface area contributed by atoms with Crippen molar-refractivity contribution in [1.29, 1.82) is 0 Å². The molecule has 1 saturated heterocycles. The van der Waals surface area contributed by atoms with Gasteiger partial charge in [-0.1, -0.05) is 48.0 Å². The van der Waals surface area contributed by atoms with E-state index in [9.17, 15) is 13.5 Å². The van der Waals surface area contributed by atoms with Crippen LogP contribution in [0.2, 0.25) is 0 Å². The van der Waals surface area contributed by atoms with Gasteiger partial charge in [0.05, 0.1) is 4.90 Å². The van der Waals surface area contributed by atoms with Crippen LogP contribution >= 0.6 is 0 Å². The summed E-state index contributed by atoms with van der Waals surface area (Å²) in [5, 5.41) is 12.5. The van der Waals surface area contributed by atoms with Crippen molar-refractivity contribution in [3.05, 3.63) is 71.8 Å². The summed E-state index contributed by atoms with van der Waals surface area (Å²) in [4.78, 5) is 2.54. The summed E-state index contributed by atoms with van der Waals surface area (Å²) in [5.74, 6) is 0.286. The Morgan fingerprint density at radius 1 is 0.893 bits per heavy atom. The van der Waals surface area contributed by atoms with Crippen LogP contribution < -0.4 is 0 Å². The zero-order valence-corrected chi connectivity index (χ0v) is 16.7. The van der Waals surface area contributed by atoms with Gasteiger partial charge in [-0.15, -0.1) is 0 Å². The van der Waals surface area contributed by atoms with Gasteiger partial charge in [0.2, 0.25) is 10.0 Å². The summed E-state index contributed by atoms with van der Waals surface area (Å²) in [6.45, 7) is 4.70. The first-order valence-electron chi connectivity index (χ1n) is 9.44. The molecule has 0 atom stereocenters. The van der Waals surface area contributed by atoms with Crippen LogP contribution in [-0.4, -0.2) is 48.9 Å². The van der Waals surface area contributed by atoms with Crippen LogP contribution in [0.1, 0.15) is 11.1 Å². The molecule has 1 fully saturated rings. The second-order valence-corrected chi connectivity index (χ2v) is 9.22. The predicted octanol–water partition coefficient (Wildman–Crippen LogP) is 3.36. The van der Waals surface area contributed by atoms with Gasteiger partial charge in [0.25, 0.3) is 0 Å². The Kier molecular flexibility index (Phi) is 5.10. The van der Waals surface area contributed by atoms with Crippen molar-refractivity contribution in [2.45, 2.75) is 18.4 Å². The van der Waals surface area contributed by atoms with E-state index < -0.39 is 10.0 Å². The maximum Gasteiger partial charge on any atom is 0.243 e. The quantitative estimate of drug-likeness (QED) is 0.735. The maximum absolute atomic E-state index is 12.9. The minimum atomic E-state index is -3.46. The van der Waals surface area contributed by atoms with Gasteiger partial charge < -0.3 is 5.11 Å². The molecule has 3 aromatic carbocycles. The molecular formula is C22H24N2O3S. The number of nitrogens with zero attached hydrogens (tertiary/aromatic N) is 2. The molecule has 28 heavy (non-hydrogen) atoms. The molecule has 0 aromatic heterocycles. The van der Waals surface area contributed by atoms with Crippen molar-refractivity contribution in [1.82, 2.24) is 9.21 Å². The van der Waals surface area contributed by atoms with Gasteiger partial charge in [-0.3, -0.25) is 4.90 Å². The van der Waals surface area contributed by atoms with E-state index in [0.29, 0.717) is 37.6 Å². The lowest BCUT2D eigenvalue weighted by Gasteiger charge is -2.34. The predicted molar refractivity (Wildman–Crippen MR) is 111 cm³/mol. The molecule has 146 valence electrons. The van der Waals surface area contributed by atoms with Crippen molar-refractivity contribution in [3.63, 3.8) is 0 Å². The first kappa shape index (κ1) is 18.9. The molecule has 0 saturated carbocycles. The third-order valence-electron chi connectivity index (χ3n) is 5.39. The van der Waals surface area contributed by atoms with Crippen LogP contribution in [0.15, 0.2) is 65.6 Å². The molecule has 5 nitrogen and oxygen atoms in total. The topological polar surface area (TPSA) is 60.9 Å². The molecule has 0 aliphatic carbocycles. The minimum absolute atomic E-state index is 0.286. The Hall–Kier alpha value is -2.41. The summed E-state index contributed by atoms with van der Waals surface area (Å²) in [6, 6.07) is 18.6. The molecule has 1 N–H and O–H groups in total. The fourth-order valence-corrected chi connectivity index (χ4v) is 5.12. The smallest absolute Gasteiger partial charge is 0.243 e. The Morgan fingerprint density at radius 2 is 1.57 bits per heavy atom. The number of piperazine rings is 1. The fraction of sp³-hybridized carbons (Fsp3) is 0.273. The molecule has 0 bridgehead atoms. The number of sulfonamides is 1. The number of phenols is 1. The van der Waals surface area contributed by atoms with E-state index in [1.54, 1.807) is 22.5 Å². The van der Waals surface area contributed by atoms with Gasteiger partial charge in [0.1, 0.15) is 5.75 Å². The number of phenolic OH excluding ortho intramolecular Hbond substituents is 1. The van der Waals surface area contributed by atoms with E-state index in [1.165, 1.54) is 0 Å². The van der Waals surface area contributed by atoms with Crippen molar-refractivity contribution in [2.75, 3.05) is 26.2 Å². The molecule has 1 heterocycles. The molecule has 0 radical (unpaired) electrons. The number of aromatic hydroxyl groups is 1. The number of benzene rings is 3. The molecule has 0 amide bonds. The second kappa shape index (κ2) is 7.54. The highest BCUT2D eigenvalue weighted by molar-refractivity contribution is 7.89. The summed E-state index contributed by atoms with van der Waals surface area (Å²) in [7, 11) is -3.46. The van der Waals surface area contributed by atoms with E-state index >= 15 is 0 Å². The van der Waals surface area contributed by atoms with E-state index in [4.69, 9.17) is 0 Å². The lowest BCUT2D eigenvalue weighted by atomic mass is 10.0. The average Bonchev–Trinajstić information content (AvgIpc) is 2.71. The Morgan fingerprint density at radius 3 is 2.29 bits per heavy atom. The normalized spacial score (nSPS) is 16.5. The van der Waals surface area contributed by atoms with Gasteiger partial charge in [0, 0.05) is 38.3 Å². The Bertz CT molecular complexity index is 1090. The Balaban J connectivity index is 1.48. The van der Waals surface area contributed by atoms with Gasteiger partial charge in [-0.2, -0.15) is 4.31 Å². The van der Waals surface area contributed by atoms with E-state index in [1.807, 2.05) is 49.4 Å². The standard InChI is InChI=1S/C22H24N2O3S/c1-17-6-9-19(10-7-17)28(26,27)24-14-12-23(13-15-24)16-21-20-5-3-2-4-18(20)8-11-22(21)25/h2-11,25H,12-16H2,1H3. The largest absolute Gasteiger partial charge is 0.508 e. The number of hydrogen-bond acceptors (Lipinski definition) is 4. The lowest BCUT2D eigenvalue weighted by Crippen LogP contribution is -2.48. The lowest BCUT2D eigenvalue weighted by molar-refractivity contribution is 0.180. The van der Waals surface area contributed by atoms with E-state index in [2.05, 4.69) is 4.90 Å². The summed E-state index contributed by atoms with van der Waals surface area (Å²) in [6.07, 6.45) is 0. The van der Waals surface area contributed by atoms with Gasteiger partial charge in [-0.05, 0) is 35.9 Å². The van der Waals surface area contributed by atoms with Crippen LogP contribution in [0.5, 0.6) is 5.75 Å². The SMILES string of the molecule is Cc1ccc(S(=O)(=O)N2CCN(Cc3c(O)ccc4ccccc34)CC2)cc1. The highest BCUT2D eigenvalue weighted by atomic mass is 32.2. The van der Waals surface area contributed by atoms with Crippen LogP contribution in [-0.2, 0) is 16.6 Å². The van der Waals surface area contributed by atoms with E-state index in [0.717, 1.165) is 21.9 Å². The van der Waals surface area contributed by atoms with Crippen LogP contribution in [0.3, 0.4) is 0 Å². The van der Waals surface area contributed by atoms with Crippen molar-refractivity contribution >= 4 is 20.8 Å². The van der Waals surface area contributed by atoms with Crippen LogP contribution in [0, 0.1) is 6.92 Å². The van der Waals surface area contributed by atoms with Gasteiger partial charge in [-0.25, -0.2) is 8.42 Å².